The number of benzene rings is 2. The number of fused-ring (bicyclic) bond motifs is 1. The molecule has 28 heavy (non-hydrogen) atoms. The fourth-order valence-corrected chi connectivity index (χ4v) is 4.77. The van der Waals surface area contributed by atoms with Gasteiger partial charge in [-0.15, -0.1) is 0 Å². The Hall–Kier alpha value is -2.11. The first-order valence-corrected chi connectivity index (χ1v) is 10.3. The van der Waals surface area contributed by atoms with E-state index in [4.69, 9.17) is 4.74 Å². The third kappa shape index (κ3) is 3.61. The molecule has 2 aromatic carbocycles. The maximum absolute atomic E-state index is 13.3. The first kappa shape index (κ1) is 19.2. The topological polar surface area (TPSA) is 36.0 Å². The van der Waals surface area contributed by atoms with E-state index in [-0.39, 0.29) is 11.9 Å². The van der Waals surface area contributed by atoms with Crippen LogP contribution in [0.25, 0.3) is 10.8 Å². The summed E-state index contributed by atoms with van der Waals surface area (Å²) in [5.41, 5.74) is 0.761. The lowest BCUT2D eigenvalue weighted by molar-refractivity contribution is 0.0723. The molecule has 2 heterocycles. The van der Waals surface area contributed by atoms with Crippen molar-refractivity contribution in [3.05, 3.63) is 42.0 Å². The van der Waals surface area contributed by atoms with Gasteiger partial charge in [0.1, 0.15) is 5.75 Å². The third-order valence-electron chi connectivity index (χ3n) is 6.60. The second-order valence-corrected chi connectivity index (χ2v) is 8.25. The highest BCUT2D eigenvalue weighted by molar-refractivity contribution is 6.08. The standard InChI is InChI=1S/C23H31N3O2/c1-24-13-10-17(11-14-24)26-15-12-18(16-26)25(2)23(27)21-8-9-22(28-3)20-7-5-4-6-19(20)21/h4-9,17-18H,10-16H2,1-3H3. The van der Waals surface area contributed by atoms with E-state index in [1.165, 1.54) is 25.9 Å². The molecule has 1 unspecified atom stereocenters. The Morgan fingerprint density at radius 3 is 2.46 bits per heavy atom. The van der Waals surface area contributed by atoms with Gasteiger partial charge in [0.2, 0.25) is 0 Å². The number of rotatable bonds is 4. The molecule has 2 fully saturated rings. The summed E-state index contributed by atoms with van der Waals surface area (Å²) in [5, 5.41) is 1.95. The number of carbonyl (C=O) groups is 1. The Bertz CT molecular complexity index is 845. The summed E-state index contributed by atoms with van der Waals surface area (Å²) < 4.78 is 5.48. The third-order valence-corrected chi connectivity index (χ3v) is 6.60. The summed E-state index contributed by atoms with van der Waals surface area (Å²) in [6.45, 7) is 4.45. The molecule has 0 N–H and O–H groups in total. The van der Waals surface area contributed by atoms with E-state index in [1.54, 1.807) is 7.11 Å². The molecule has 150 valence electrons. The van der Waals surface area contributed by atoms with Crippen LogP contribution in [0.15, 0.2) is 36.4 Å². The molecule has 0 spiro atoms. The van der Waals surface area contributed by atoms with Gasteiger partial charge in [0.25, 0.3) is 5.91 Å². The summed E-state index contributed by atoms with van der Waals surface area (Å²) >= 11 is 0. The van der Waals surface area contributed by atoms with E-state index in [0.717, 1.165) is 41.6 Å². The summed E-state index contributed by atoms with van der Waals surface area (Å²) in [7, 11) is 5.84. The SMILES string of the molecule is COc1ccc(C(=O)N(C)C2CCN(C3CCN(C)CC3)C2)c2ccccc12. The molecule has 0 aromatic heterocycles. The second-order valence-electron chi connectivity index (χ2n) is 8.25. The van der Waals surface area contributed by atoms with E-state index in [2.05, 4.69) is 16.8 Å². The maximum Gasteiger partial charge on any atom is 0.254 e. The van der Waals surface area contributed by atoms with Crippen molar-refractivity contribution in [3.63, 3.8) is 0 Å². The predicted octanol–water partition coefficient (Wildman–Crippen LogP) is 3.09. The average molecular weight is 382 g/mol. The first-order chi connectivity index (χ1) is 13.6. The van der Waals surface area contributed by atoms with Crippen molar-refractivity contribution in [1.82, 2.24) is 14.7 Å². The van der Waals surface area contributed by atoms with Gasteiger partial charge in [-0.2, -0.15) is 0 Å². The monoisotopic (exact) mass is 381 g/mol. The summed E-state index contributed by atoms with van der Waals surface area (Å²) in [4.78, 5) is 20.3. The number of ether oxygens (including phenoxy) is 1. The van der Waals surface area contributed by atoms with Crippen LogP contribution < -0.4 is 4.74 Å². The number of likely N-dealkylation sites (N-methyl/N-ethyl adjacent to an activating group) is 1. The Kier molecular flexibility index (Phi) is 5.56. The Balaban J connectivity index is 1.49. The molecule has 2 aromatic rings. The molecule has 5 heteroatoms. The first-order valence-electron chi connectivity index (χ1n) is 10.3. The Morgan fingerprint density at radius 2 is 1.75 bits per heavy atom. The van der Waals surface area contributed by atoms with Crippen molar-refractivity contribution in [3.8, 4) is 5.75 Å². The van der Waals surface area contributed by atoms with E-state index in [1.807, 2.05) is 48.3 Å². The van der Waals surface area contributed by atoms with Gasteiger partial charge in [-0.3, -0.25) is 9.69 Å². The molecular formula is C23H31N3O2. The summed E-state index contributed by atoms with van der Waals surface area (Å²) in [6.07, 6.45) is 3.54. The fraction of sp³-hybridized carbons (Fsp3) is 0.522. The molecule has 0 aliphatic carbocycles. The van der Waals surface area contributed by atoms with Crippen LogP contribution in [-0.2, 0) is 0 Å². The lowest BCUT2D eigenvalue weighted by Crippen LogP contribution is -2.45. The quantitative estimate of drug-likeness (QED) is 0.815. The number of nitrogens with zero attached hydrogens (tertiary/aromatic N) is 3. The van der Waals surface area contributed by atoms with Crippen molar-refractivity contribution in [2.45, 2.75) is 31.3 Å². The van der Waals surface area contributed by atoms with E-state index >= 15 is 0 Å². The summed E-state index contributed by atoms with van der Waals surface area (Å²) in [6, 6.07) is 12.8. The van der Waals surface area contributed by atoms with Crippen LogP contribution in [0.4, 0.5) is 0 Å². The zero-order chi connectivity index (χ0) is 19.7. The Labute approximate surface area is 167 Å². The van der Waals surface area contributed by atoms with Gasteiger partial charge in [-0.05, 0) is 56.9 Å². The minimum absolute atomic E-state index is 0.106. The zero-order valence-electron chi connectivity index (χ0n) is 17.2. The molecule has 0 saturated carbocycles. The van der Waals surface area contributed by atoms with Gasteiger partial charge in [0.15, 0.2) is 0 Å². The lowest BCUT2D eigenvalue weighted by Gasteiger charge is -2.35. The molecule has 2 saturated heterocycles. The maximum atomic E-state index is 13.3. The molecular weight excluding hydrogens is 350 g/mol. The van der Waals surface area contributed by atoms with Crippen LogP contribution in [-0.4, -0.2) is 80.1 Å². The number of methoxy groups -OCH3 is 1. The van der Waals surface area contributed by atoms with E-state index < -0.39 is 0 Å². The molecule has 1 atom stereocenters. The fourth-order valence-electron chi connectivity index (χ4n) is 4.77. The van der Waals surface area contributed by atoms with Crippen LogP contribution in [0, 0.1) is 0 Å². The minimum atomic E-state index is 0.106. The van der Waals surface area contributed by atoms with Crippen molar-refractivity contribution >= 4 is 16.7 Å². The van der Waals surface area contributed by atoms with Crippen molar-refractivity contribution in [2.75, 3.05) is 47.4 Å². The normalized spacial score (nSPS) is 21.9. The smallest absolute Gasteiger partial charge is 0.254 e. The van der Waals surface area contributed by atoms with Crippen molar-refractivity contribution < 1.29 is 9.53 Å². The highest BCUT2D eigenvalue weighted by Crippen LogP contribution is 2.30. The van der Waals surface area contributed by atoms with Crippen LogP contribution in [0.3, 0.4) is 0 Å². The van der Waals surface area contributed by atoms with Crippen molar-refractivity contribution in [2.24, 2.45) is 0 Å². The predicted molar refractivity (Wildman–Crippen MR) is 113 cm³/mol. The average Bonchev–Trinajstić information content (AvgIpc) is 3.22. The van der Waals surface area contributed by atoms with E-state index in [0.29, 0.717) is 6.04 Å². The van der Waals surface area contributed by atoms with Gasteiger partial charge in [-0.1, -0.05) is 24.3 Å². The Morgan fingerprint density at radius 1 is 1.04 bits per heavy atom. The molecule has 0 radical (unpaired) electrons. The highest BCUT2D eigenvalue weighted by Gasteiger charge is 2.33. The number of piperidine rings is 1. The molecule has 5 nitrogen and oxygen atoms in total. The second kappa shape index (κ2) is 8.10. The van der Waals surface area contributed by atoms with Crippen molar-refractivity contribution in [1.29, 1.82) is 0 Å². The van der Waals surface area contributed by atoms with Crippen LogP contribution >= 0.6 is 0 Å². The lowest BCUT2D eigenvalue weighted by atomic mass is 10.0. The minimum Gasteiger partial charge on any atom is -0.496 e. The van der Waals surface area contributed by atoms with Gasteiger partial charge in [0.05, 0.1) is 7.11 Å². The number of carbonyl (C=O) groups excluding carboxylic acids is 1. The number of hydrogen-bond donors (Lipinski definition) is 0. The molecule has 4 rings (SSSR count). The van der Waals surface area contributed by atoms with Gasteiger partial charge >= 0.3 is 0 Å². The number of hydrogen-bond acceptors (Lipinski definition) is 4. The van der Waals surface area contributed by atoms with Crippen LogP contribution in [0.5, 0.6) is 5.75 Å². The highest BCUT2D eigenvalue weighted by atomic mass is 16.5. The molecule has 1 amide bonds. The molecule has 2 aliphatic rings. The number of likely N-dealkylation sites (tertiary alicyclic amines) is 2. The summed E-state index contributed by atoms with van der Waals surface area (Å²) in [5.74, 6) is 0.915. The van der Waals surface area contributed by atoms with Gasteiger partial charge in [-0.25, -0.2) is 0 Å². The van der Waals surface area contributed by atoms with E-state index in [9.17, 15) is 4.79 Å². The largest absolute Gasteiger partial charge is 0.496 e. The van der Waals surface area contributed by atoms with Crippen LogP contribution in [0.2, 0.25) is 0 Å². The molecule has 0 bridgehead atoms. The van der Waals surface area contributed by atoms with Crippen LogP contribution in [0.1, 0.15) is 29.6 Å². The molecule has 2 aliphatic heterocycles. The zero-order valence-corrected chi connectivity index (χ0v) is 17.2. The number of amides is 1. The van der Waals surface area contributed by atoms with Gasteiger partial charge < -0.3 is 14.5 Å². The van der Waals surface area contributed by atoms with Gasteiger partial charge in [0, 0.05) is 43.2 Å².